The zero-order valence-electron chi connectivity index (χ0n) is 12.2. The summed E-state index contributed by atoms with van der Waals surface area (Å²) in [5.41, 5.74) is 7.80. The highest BCUT2D eigenvalue weighted by Crippen LogP contribution is 2.20. The summed E-state index contributed by atoms with van der Waals surface area (Å²) in [7, 11) is 0. The number of carbonyl (C=O) groups is 2. The van der Waals surface area contributed by atoms with Crippen LogP contribution in [-0.2, 0) is 9.59 Å². The second kappa shape index (κ2) is 8.32. The van der Waals surface area contributed by atoms with Crippen molar-refractivity contribution in [3.63, 3.8) is 0 Å². The molecule has 0 bridgehead atoms. The molecule has 0 heterocycles. The first-order chi connectivity index (χ1) is 9.56. The lowest BCUT2D eigenvalue weighted by atomic mass is 10.1. The van der Waals surface area contributed by atoms with E-state index in [2.05, 4.69) is 10.6 Å². The number of anilines is 2. The highest BCUT2D eigenvalue weighted by atomic mass is 16.2. The van der Waals surface area contributed by atoms with Gasteiger partial charge in [0.1, 0.15) is 0 Å². The number of rotatable bonds is 7. The molecule has 0 aromatic heterocycles. The second-order valence-corrected chi connectivity index (χ2v) is 4.77. The van der Waals surface area contributed by atoms with Gasteiger partial charge in [0.05, 0.1) is 0 Å². The largest absolute Gasteiger partial charge is 0.330 e. The third-order valence-corrected chi connectivity index (χ3v) is 2.87. The molecule has 1 aromatic carbocycles. The predicted octanol–water partition coefficient (Wildman–Crippen LogP) is 2.41. The van der Waals surface area contributed by atoms with E-state index in [-0.39, 0.29) is 11.8 Å². The Morgan fingerprint density at radius 1 is 1.15 bits per heavy atom. The van der Waals surface area contributed by atoms with Gasteiger partial charge in [-0.2, -0.15) is 0 Å². The average molecular weight is 277 g/mol. The summed E-state index contributed by atoms with van der Waals surface area (Å²) < 4.78 is 0. The van der Waals surface area contributed by atoms with Crippen LogP contribution in [0.3, 0.4) is 0 Å². The maximum Gasteiger partial charge on any atom is 0.224 e. The lowest BCUT2D eigenvalue weighted by molar-refractivity contribution is -0.117. The van der Waals surface area contributed by atoms with Gasteiger partial charge in [0, 0.05) is 24.2 Å². The quantitative estimate of drug-likeness (QED) is 0.715. The van der Waals surface area contributed by atoms with E-state index >= 15 is 0 Å². The highest BCUT2D eigenvalue weighted by Gasteiger charge is 2.06. The first-order valence-corrected chi connectivity index (χ1v) is 6.97. The Bertz CT molecular complexity index is 472. The van der Waals surface area contributed by atoms with Crippen molar-refractivity contribution >= 4 is 23.2 Å². The van der Waals surface area contributed by atoms with Gasteiger partial charge in [-0.05, 0) is 50.1 Å². The lowest BCUT2D eigenvalue weighted by Gasteiger charge is -2.11. The van der Waals surface area contributed by atoms with Gasteiger partial charge in [0.2, 0.25) is 11.8 Å². The van der Waals surface area contributed by atoms with E-state index in [1.54, 1.807) is 12.1 Å². The van der Waals surface area contributed by atoms with E-state index in [0.29, 0.717) is 25.8 Å². The molecule has 0 aliphatic carbocycles. The number of nitrogens with one attached hydrogen (secondary N) is 2. The normalized spacial score (nSPS) is 10.2. The van der Waals surface area contributed by atoms with Gasteiger partial charge >= 0.3 is 0 Å². The Morgan fingerprint density at radius 3 is 2.45 bits per heavy atom. The lowest BCUT2D eigenvalue weighted by Crippen LogP contribution is -2.14. The zero-order valence-corrected chi connectivity index (χ0v) is 12.2. The van der Waals surface area contributed by atoms with Crippen LogP contribution in [0.15, 0.2) is 18.2 Å². The summed E-state index contributed by atoms with van der Waals surface area (Å²) in [6.45, 7) is 4.37. The number of hydrogen-bond donors (Lipinski definition) is 3. The molecule has 110 valence electrons. The fraction of sp³-hybridized carbons (Fsp3) is 0.467. The van der Waals surface area contributed by atoms with Crippen LogP contribution in [0, 0.1) is 6.92 Å². The summed E-state index contributed by atoms with van der Waals surface area (Å²) in [6.07, 6.45) is 2.43. The number of benzene rings is 1. The summed E-state index contributed by atoms with van der Waals surface area (Å²) in [4.78, 5) is 23.1. The standard InChI is InChI=1S/C15H23N3O2/c1-3-5-14(19)18-13-8-7-12(10-11(13)2)17-15(20)6-4-9-16/h7-8,10H,3-6,9,16H2,1-2H3,(H,17,20)(H,18,19). The molecule has 0 unspecified atom stereocenters. The van der Waals surface area contributed by atoms with Crippen LogP contribution >= 0.6 is 0 Å². The maximum absolute atomic E-state index is 11.6. The third-order valence-electron chi connectivity index (χ3n) is 2.87. The van der Waals surface area contributed by atoms with Crippen molar-refractivity contribution in [2.24, 2.45) is 5.73 Å². The number of aryl methyl sites for hydroxylation is 1. The van der Waals surface area contributed by atoms with Crippen LogP contribution in [0.2, 0.25) is 0 Å². The first-order valence-electron chi connectivity index (χ1n) is 6.97. The third kappa shape index (κ3) is 5.40. The predicted molar refractivity (Wildman–Crippen MR) is 81.6 cm³/mol. The fourth-order valence-electron chi connectivity index (χ4n) is 1.81. The van der Waals surface area contributed by atoms with Crippen LogP contribution < -0.4 is 16.4 Å². The van der Waals surface area contributed by atoms with Crippen LogP contribution in [0.4, 0.5) is 11.4 Å². The molecular formula is C15H23N3O2. The fourth-order valence-corrected chi connectivity index (χ4v) is 1.81. The molecule has 0 saturated carbocycles. The Morgan fingerprint density at radius 2 is 1.85 bits per heavy atom. The van der Waals surface area contributed by atoms with Crippen LogP contribution in [0.25, 0.3) is 0 Å². The minimum atomic E-state index is -0.0439. The Balaban J connectivity index is 2.63. The molecule has 0 aliphatic heterocycles. The van der Waals surface area contributed by atoms with E-state index in [9.17, 15) is 9.59 Å². The summed E-state index contributed by atoms with van der Waals surface area (Å²) in [5, 5.41) is 5.67. The van der Waals surface area contributed by atoms with Gasteiger partial charge in [-0.15, -0.1) is 0 Å². The summed E-state index contributed by atoms with van der Waals surface area (Å²) >= 11 is 0. The van der Waals surface area contributed by atoms with Crippen LogP contribution in [0.1, 0.15) is 38.2 Å². The molecule has 0 radical (unpaired) electrons. The van der Waals surface area contributed by atoms with Gasteiger partial charge < -0.3 is 16.4 Å². The molecule has 0 spiro atoms. The van der Waals surface area contributed by atoms with Crippen LogP contribution in [0.5, 0.6) is 0 Å². The van der Waals surface area contributed by atoms with E-state index in [1.165, 1.54) is 0 Å². The molecule has 2 amide bonds. The SMILES string of the molecule is CCCC(=O)Nc1ccc(NC(=O)CCCN)cc1C. The molecule has 0 fully saturated rings. The smallest absolute Gasteiger partial charge is 0.224 e. The van der Waals surface area contributed by atoms with E-state index in [1.807, 2.05) is 19.9 Å². The van der Waals surface area contributed by atoms with Crippen molar-refractivity contribution < 1.29 is 9.59 Å². The number of hydrogen-bond acceptors (Lipinski definition) is 3. The van der Waals surface area contributed by atoms with Crippen molar-refractivity contribution in [1.29, 1.82) is 0 Å². The van der Waals surface area contributed by atoms with Crippen molar-refractivity contribution in [1.82, 2.24) is 0 Å². The molecule has 0 aliphatic rings. The maximum atomic E-state index is 11.6. The molecule has 0 saturated heterocycles. The second-order valence-electron chi connectivity index (χ2n) is 4.77. The minimum absolute atomic E-state index is 0.00957. The molecule has 20 heavy (non-hydrogen) atoms. The van der Waals surface area contributed by atoms with Crippen molar-refractivity contribution in [2.45, 2.75) is 39.5 Å². The molecule has 4 N–H and O–H groups in total. The van der Waals surface area contributed by atoms with Crippen LogP contribution in [-0.4, -0.2) is 18.4 Å². The van der Waals surface area contributed by atoms with E-state index in [0.717, 1.165) is 23.4 Å². The zero-order chi connectivity index (χ0) is 15.0. The average Bonchev–Trinajstić information content (AvgIpc) is 2.40. The van der Waals surface area contributed by atoms with E-state index < -0.39 is 0 Å². The number of carbonyl (C=O) groups excluding carboxylic acids is 2. The molecule has 5 nitrogen and oxygen atoms in total. The highest BCUT2D eigenvalue weighted by molar-refractivity contribution is 5.93. The van der Waals surface area contributed by atoms with Crippen molar-refractivity contribution in [2.75, 3.05) is 17.2 Å². The van der Waals surface area contributed by atoms with Gasteiger partial charge in [0.25, 0.3) is 0 Å². The summed E-state index contributed by atoms with van der Waals surface area (Å²) in [5.74, 6) is -0.0343. The van der Waals surface area contributed by atoms with Crippen molar-refractivity contribution in [3.05, 3.63) is 23.8 Å². The molecule has 0 atom stereocenters. The topological polar surface area (TPSA) is 84.2 Å². The Kier molecular flexibility index (Phi) is 6.73. The molecule has 5 heteroatoms. The Labute approximate surface area is 119 Å². The van der Waals surface area contributed by atoms with Gasteiger partial charge in [-0.1, -0.05) is 6.92 Å². The molecule has 1 rings (SSSR count). The first kappa shape index (κ1) is 16.2. The molecular weight excluding hydrogens is 254 g/mol. The summed E-state index contributed by atoms with van der Waals surface area (Å²) in [6, 6.07) is 5.44. The van der Waals surface area contributed by atoms with Crippen molar-refractivity contribution in [3.8, 4) is 0 Å². The van der Waals surface area contributed by atoms with Gasteiger partial charge in [-0.3, -0.25) is 9.59 Å². The van der Waals surface area contributed by atoms with E-state index in [4.69, 9.17) is 5.73 Å². The van der Waals surface area contributed by atoms with Gasteiger partial charge in [0.15, 0.2) is 0 Å². The Hall–Kier alpha value is -1.88. The van der Waals surface area contributed by atoms with Gasteiger partial charge in [-0.25, -0.2) is 0 Å². The minimum Gasteiger partial charge on any atom is -0.330 e. The number of nitrogens with two attached hydrogens (primary N) is 1. The number of amides is 2. The monoisotopic (exact) mass is 277 g/mol. The molecule has 1 aromatic rings.